The first-order valence-corrected chi connectivity index (χ1v) is 3.74. The molecule has 1 aromatic rings. The molecule has 1 rings (SSSR count). The highest BCUT2D eigenvalue weighted by Crippen LogP contribution is 2.34. The van der Waals surface area contributed by atoms with Crippen LogP contribution < -0.4 is 0 Å². The van der Waals surface area contributed by atoms with Gasteiger partial charge in [-0.1, -0.05) is 0 Å². The number of carboxylic acids is 1. The van der Waals surface area contributed by atoms with Crippen molar-refractivity contribution >= 4 is 11.7 Å². The molecule has 0 saturated heterocycles. The number of nitro groups is 1. The number of alkyl halides is 2. The fourth-order valence-electron chi connectivity index (χ4n) is 1.07. The normalized spacial score (nSPS) is 10.4. The molecule has 0 atom stereocenters. The van der Waals surface area contributed by atoms with E-state index in [2.05, 4.69) is 4.98 Å². The van der Waals surface area contributed by atoms with Crippen molar-refractivity contribution in [3.63, 3.8) is 0 Å². The van der Waals surface area contributed by atoms with Gasteiger partial charge in [0, 0.05) is 0 Å². The van der Waals surface area contributed by atoms with Crippen LogP contribution in [-0.2, 0) is 0 Å². The summed E-state index contributed by atoms with van der Waals surface area (Å²) in [6.07, 6.45) is -2.88. The summed E-state index contributed by atoms with van der Waals surface area (Å²) >= 11 is 0. The van der Waals surface area contributed by atoms with E-state index in [-0.39, 0.29) is 0 Å². The van der Waals surface area contributed by atoms with E-state index in [1.165, 1.54) is 0 Å². The van der Waals surface area contributed by atoms with Crippen LogP contribution in [0.3, 0.4) is 0 Å². The quantitative estimate of drug-likeness (QED) is 0.602. The number of hydrogen-bond acceptors (Lipinski definition) is 5. The molecule has 0 radical (unpaired) electrons. The van der Waals surface area contributed by atoms with Crippen molar-refractivity contribution in [1.82, 2.24) is 4.98 Å². The highest BCUT2D eigenvalue weighted by atomic mass is 19.3. The van der Waals surface area contributed by atoms with Gasteiger partial charge in [-0.05, 0) is 0 Å². The highest BCUT2D eigenvalue weighted by Gasteiger charge is 2.32. The van der Waals surface area contributed by atoms with Gasteiger partial charge in [-0.2, -0.15) is 0 Å². The third-order valence-electron chi connectivity index (χ3n) is 1.66. The monoisotopic (exact) mass is 234 g/mol. The molecular weight excluding hydrogens is 230 g/mol. The summed E-state index contributed by atoms with van der Waals surface area (Å²) in [5.74, 6) is -3.03. The molecule has 2 N–H and O–H groups in total. The Kier molecular flexibility index (Phi) is 2.97. The SMILES string of the molecule is O=C(O)c1c(C(F)F)ncc(O)c1[N+](=O)[O-]. The van der Waals surface area contributed by atoms with Crippen LogP contribution in [0.4, 0.5) is 14.5 Å². The number of pyridine rings is 1. The van der Waals surface area contributed by atoms with Crippen molar-refractivity contribution in [3.05, 3.63) is 27.6 Å². The van der Waals surface area contributed by atoms with E-state index in [4.69, 9.17) is 10.2 Å². The number of carbonyl (C=O) groups is 1. The lowest BCUT2D eigenvalue weighted by Crippen LogP contribution is -2.09. The molecule has 7 nitrogen and oxygen atoms in total. The molecule has 9 heteroatoms. The number of aromatic hydroxyl groups is 1. The summed E-state index contributed by atoms with van der Waals surface area (Å²) in [5, 5.41) is 28.0. The average Bonchev–Trinajstić information content (AvgIpc) is 2.15. The molecule has 0 aliphatic carbocycles. The Morgan fingerprint density at radius 2 is 2.12 bits per heavy atom. The third kappa shape index (κ3) is 1.87. The lowest BCUT2D eigenvalue weighted by molar-refractivity contribution is -0.386. The first-order valence-electron chi connectivity index (χ1n) is 3.74. The Balaban J connectivity index is 3.63. The Morgan fingerprint density at radius 3 is 2.50 bits per heavy atom. The summed E-state index contributed by atoms with van der Waals surface area (Å²) in [7, 11) is 0. The molecule has 0 unspecified atom stereocenters. The van der Waals surface area contributed by atoms with Crippen LogP contribution >= 0.6 is 0 Å². The molecule has 0 amide bonds. The van der Waals surface area contributed by atoms with Gasteiger partial charge in [-0.15, -0.1) is 0 Å². The molecule has 1 heterocycles. The minimum absolute atomic E-state index is 0.409. The number of aromatic carboxylic acids is 1. The van der Waals surface area contributed by atoms with Crippen LogP contribution in [0, 0.1) is 10.1 Å². The lowest BCUT2D eigenvalue weighted by Gasteiger charge is -2.05. The smallest absolute Gasteiger partial charge is 0.345 e. The van der Waals surface area contributed by atoms with Crippen molar-refractivity contribution in [1.29, 1.82) is 0 Å². The minimum atomic E-state index is -3.29. The van der Waals surface area contributed by atoms with E-state index in [0.717, 1.165) is 0 Å². The van der Waals surface area contributed by atoms with Crippen molar-refractivity contribution in [2.45, 2.75) is 6.43 Å². The maximum atomic E-state index is 12.3. The summed E-state index contributed by atoms with van der Waals surface area (Å²) in [6, 6.07) is 0. The zero-order valence-corrected chi connectivity index (χ0v) is 7.42. The standard InChI is InChI=1S/C7H4F2N2O5/c8-6(9)4-3(7(13)14)5(11(15)16)2(12)1-10-4/h1,6,12H,(H,13,14). The first-order chi connectivity index (χ1) is 7.36. The van der Waals surface area contributed by atoms with Gasteiger partial charge in [-0.25, -0.2) is 18.6 Å². The fourth-order valence-corrected chi connectivity index (χ4v) is 1.07. The Hall–Kier alpha value is -2.32. The summed E-state index contributed by atoms with van der Waals surface area (Å²) in [6.45, 7) is 0. The van der Waals surface area contributed by atoms with Crippen molar-refractivity contribution in [3.8, 4) is 5.75 Å². The van der Waals surface area contributed by atoms with E-state index in [1.54, 1.807) is 0 Å². The largest absolute Gasteiger partial charge is 0.501 e. The van der Waals surface area contributed by atoms with E-state index < -0.39 is 40.0 Å². The van der Waals surface area contributed by atoms with Crippen LogP contribution in [0.1, 0.15) is 22.5 Å². The Bertz CT molecular complexity index is 462. The van der Waals surface area contributed by atoms with Gasteiger partial charge in [0.05, 0.1) is 11.1 Å². The van der Waals surface area contributed by atoms with Crippen LogP contribution in [0.25, 0.3) is 0 Å². The molecule has 0 fully saturated rings. The summed E-state index contributed by atoms with van der Waals surface area (Å²) < 4.78 is 24.7. The minimum Gasteiger partial charge on any atom is -0.501 e. The molecule has 1 aromatic heterocycles. The van der Waals surface area contributed by atoms with Gasteiger partial charge in [0.2, 0.25) is 5.75 Å². The van der Waals surface area contributed by atoms with Gasteiger partial charge < -0.3 is 10.2 Å². The van der Waals surface area contributed by atoms with E-state index in [0.29, 0.717) is 6.20 Å². The van der Waals surface area contributed by atoms with Gasteiger partial charge in [0.25, 0.3) is 6.43 Å². The summed E-state index contributed by atoms with van der Waals surface area (Å²) in [4.78, 5) is 22.7. The molecule has 16 heavy (non-hydrogen) atoms. The molecule has 0 bridgehead atoms. The highest BCUT2D eigenvalue weighted by molar-refractivity contribution is 5.94. The number of halogens is 2. The van der Waals surface area contributed by atoms with E-state index in [9.17, 15) is 23.7 Å². The predicted octanol–water partition coefficient (Wildman–Crippen LogP) is 1.33. The predicted molar refractivity (Wildman–Crippen MR) is 44.5 cm³/mol. The molecule has 0 aliphatic rings. The van der Waals surface area contributed by atoms with Gasteiger partial charge in [0.1, 0.15) is 5.69 Å². The van der Waals surface area contributed by atoms with Crippen LogP contribution in [-0.4, -0.2) is 26.1 Å². The molecule has 0 saturated carbocycles. The zero-order valence-electron chi connectivity index (χ0n) is 7.42. The maximum absolute atomic E-state index is 12.3. The molecule has 0 aliphatic heterocycles. The third-order valence-corrected chi connectivity index (χ3v) is 1.66. The molecule has 86 valence electrons. The number of nitrogens with zero attached hydrogens (tertiary/aromatic N) is 2. The van der Waals surface area contributed by atoms with Crippen LogP contribution in [0.15, 0.2) is 6.20 Å². The fraction of sp³-hybridized carbons (Fsp3) is 0.143. The number of aromatic nitrogens is 1. The summed E-state index contributed by atoms with van der Waals surface area (Å²) in [5.41, 5.74) is -3.85. The maximum Gasteiger partial charge on any atom is 0.345 e. The number of rotatable bonds is 3. The van der Waals surface area contributed by atoms with Crippen molar-refractivity contribution in [2.24, 2.45) is 0 Å². The average molecular weight is 234 g/mol. The Labute approximate surface area is 86.1 Å². The molecular formula is C7H4F2N2O5. The second-order valence-corrected chi connectivity index (χ2v) is 2.62. The Morgan fingerprint density at radius 1 is 1.56 bits per heavy atom. The van der Waals surface area contributed by atoms with Crippen molar-refractivity contribution < 1.29 is 28.7 Å². The number of hydrogen-bond donors (Lipinski definition) is 2. The van der Waals surface area contributed by atoms with E-state index >= 15 is 0 Å². The zero-order chi connectivity index (χ0) is 12.5. The van der Waals surface area contributed by atoms with Crippen LogP contribution in [0.5, 0.6) is 5.75 Å². The molecule has 0 spiro atoms. The second-order valence-electron chi connectivity index (χ2n) is 2.62. The van der Waals surface area contributed by atoms with Gasteiger partial charge >= 0.3 is 11.7 Å². The van der Waals surface area contributed by atoms with E-state index in [1.807, 2.05) is 0 Å². The topological polar surface area (TPSA) is 114 Å². The van der Waals surface area contributed by atoms with Gasteiger partial charge in [-0.3, -0.25) is 10.1 Å². The van der Waals surface area contributed by atoms with Crippen LogP contribution in [0.2, 0.25) is 0 Å². The van der Waals surface area contributed by atoms with Crippen molar-refractivity contribution in [2.75, 3.05) is 0 Å². The van der Waals surface area contributed by atoms with Gasteiger partial charge in [0.15, 0.2) is 5.56 Å². The molecule has 0 aromatic carbocycles. The lowest BCUT2D eigenvalue weighted by atomic mass is 10.1. The first kappa shape index (κ1) is 11.8. The number of carboxylic acid groups (broad SMARTS) is 1. The second kappa shape index (κ2) is 4.04.